The number of carbonyl (C=O) groups excluding carboxylic acids is 1. The van der Waals surface area contributed by atoms with Crippen LogP contribution in [0.1, 0.15) is 44.6 Å². The van der Waals surface area contributed by atoms with E-state index >= 15 is 0 Å². The maximum atomic E-state index is 12.4. The van der Waals surface area contributed by atoms with E-state index in [4.69, 9.17) is 4.74 Å². The summed E-state index contributed by atoms with van der Waals surface area (Å²) >= 11 is 0. The lowest BCUT2D eigenvalue weighted by atomic mass is 9.87. The van der Waals surface area contributed by atoms with Gasteiger partial charge in [-0.1, -0.05) is 31.5 Å². The van der Waals surface area contributed by atoms with Gasteiger partial charge in [-0.15, -0.1) is 0 Å². The maximum Gasteiger partial charge on any atom is 0.227 e. The lowest BCUT2D eigenvalue weighted by molar-refractivity contribution is -0.123. The van der Waals surface area contributed by atoms with Crippen LogP contribution in [0.5, 0.6) is 0 Å². The summed E-state index contributed by atoms with van der Waals surface area (Å²) in [5.74, 6) is 0.0444. The highest BCUT2D eigenvalue weighted by Gasteiger charge is 2.29. The van der Waals surface area contributed by atoms with E-state index in [9.17, 15) is 4.79 Å². The van der Waals surface area contributed by atoms with Gasteiger partial charge in [-0.05, 0) is 31.4 Å². The predicted molar refractivity (Wildman–Crippen MR) is 85.6 cm³/mol. The first-order valence-corrected chi connectivity index (χ1v) is 7.93. The largest absolute Gasteiger partial charge is 0.382 e. The summed E-state index contributed by atoms with van der Waals surface area (Å²) in [5, 5.41) is 6.43. The van der Waals surface area contributed by atoms with Gasteiger partial charge in [0.25, 0.3) is 0 Å². The molecular weight excluding hydrogens is 264 g/mol. The van der Waals surface area contributed by atoms with Crippen molar-refractivity contribution in [3.8, 4) is 0 Å². The minimum atomic E-state index is -0.0620. The Bertz CT molecular complexity index is 462. The molecule has 2 atom stereocenters. The average Bonchev–Trinajstić information content (AvgIpc) is 2.49. The van der Waals surface area contributed by atoms with Gasteiger partial charge in [0.2, 0.25) is 5.91 Å². The zero-order chi connectivity index (χ0) is 15.1. The van der Waals surface area contributed by atoms with Gasteiger partial charge in [0.15, 0.2) is 0 Å². The highest BCUT2D eigenvalue weighted by atomic mass is 16.5. The quantitative estimate of drug-likeness (QED) is 0.759. The Morgan fingerprint density at radius 2 is 2.19 bits per heavy atom. The van der Waals surface area contributed by atoms with E-state index in [0.29, 0.717) is 19.2 Å². The van der Waals surface area contributed by atoms with E-state index in [1.807, 2.05) is 24.3 Å². The van der Waals surface area contributed by atoms with Gasteiger partial charge in [-0.2, -0.15) is 0 Å². The normalized spacial score (nSPS) is 20.5. The number of hydrogen-bond acceptors (Lipinski definition) is 3. The Morgan fingerprint density at radius 1 is 1.38 bits per heavy atom. The van der Waals surface area contributed by atoms with Crippen molar-refractivity contribution in [1.82, 2.24) is 5.32 Å². The van der Waals surface area contributed by atoms with Gasteiger partial charge in [0, 0.05) is 24.9 Å². The molecule has 2 unspecified atom stereocenters. The molecule has 0 fully saturated rings. The van der Waals surface area contributed by atoms with Crippen LogP contribution in [0.2, 0.25) is 0 Å². The monoisotopic (exact) mass is 290 g/mol. The molecule has 1 aliphatic rings. The molecule has 1 aromatic carbocycles. The molecule has 4 nitrogen and oxygen atoms in total. The number of hydrogen-bond donors (Lipinski definition) is 2. The number of carbonyl (C=O) groups is 1. The fourth-order valence-corrected chi connectivity index (χ4v) is 2.70. The summed E-state index contributed by atoms with van der Waals surface area (Å²) in [6.45, 7) is 6.21. The molecule has 0 spiro atoms. The standard InChI is InChI=1S/C17H26N2O2/c1-3-4-10-21-11-9-18-17(20)15-12-13(2)19-16-8-6-5-7-14(15)16/h5-8,13,15,19H,3-4,9-12H2,1-2H3,(H,18,20). The Hall–Kier alpha value is -1.55. The zero-order valence-corrected chi connectivity index (χ0v) is 13.0. The third kappa shape index (κ3) is 4.46. The molecule has 2 rings (SSSR count). The molecule has 0 saturated carbocycles. The minimum absolute atomic E-state index is 0.0620. The van der Waals surface area contributed by atoms with E-state index in [0.717, 1.165) is 37.1 Å². The molecule has 2 N–H and O–H groups in total. The topological polar surface area (TPSA) is 50.4 Å². The SMILES string of the molecule is CCCCOCCNC(=O)C1CC(C)Nc2ccccc21. The van der Waals surface area contributed by atoms with Crippen molar-refractivity contribution in [2.75, 3.05) is 25.1 Å². The molecule has 0 radical (unpaired) electrons. The summed E-state index contributed by atoms with van der Waals surface area (Å²) in [7, 11) is 0. The van der Waals surface area contributed by atoms with Crippen LogP contribution in [0, 0.1) is 0 Å². The molecule has 0 bridgehead atoms. The van der Waals surface area contributed by atoms with Crippen LogP contribution in [0.15, 0.2) is 24.3 Å². The number of rotatable bonds is 7. The first-order valence-electron chi connectivity index (χ1n) is 7.93. The van der Waals surface area contributed by atoms with Crippen molar-refractivity contribution in [1.29, 1.82) is 0 Å². The lowest BCUT2D eigenvalue weighted by Gasteiger charge is -2.30. The summed E-state index contributed by atoms with van der Waals surface area (Å²) < 4.78 is 5.48. The number of fused-ring (bicyclic) bond motifs is 1. The Labute approximate surface area is 127 Å². The molecule has 0 saturated heterocycles. The highest BCUT2D eigenvalue weighted by Crippen LogP contribution is 2.33. The fourth-order valence-electron chi connectivity index (χ4n) is 2.70. The van der Waals surface area contributed by atoms with Crippen LogP contribution in [0.4, 0.5) is 5.69 Å². The molecule has 0 aromatic heterocycles. The van der Waals surface area contributed by atoms with Crippen molar-refractivity contribution in [2.45, 2.75) is 45.1 Å². The third-order valence-electron chi connectivity index (χ3n) is 3.83. The Balaban J connectivity index is 1.85. The molecule has 1 amide bonds. The third-order valence-corrected chi connectivity index (χ3v) is 3.83. The van der Waals surface area contributed by atoms with E-state index in [-0.39, 0.29) is 11.8 Å². The van der Waals surface area contributed by atoms with E-state index < -0.39 is 0 Å². The van der Waals surface area contributed by atoms with E-state index in [2.05, 4.69) is 24.5 Å². The Kier molecular flexibility index (Phi) is 6.05. The van der Waals surface area contributed by atoms with Crippen LogP contribution >= 0.6 is 0 Å². The molecule has 0 aliphatic carbocycles. The number of unbranched alkanes of at least 4 members (excludes halogenated alkanes) is 1. The van der Waals surface area contributed by atoms with Gasteiger partial charge in [0.05, 0.1) is 12.5 Å². The molecule has 1 heterocycles. The number of para-hydroxylation sites is 1. The first-order chi connectivity index (χ1) is 10.2. The van der Waals surface area contributed by atoms with Gasteiger partial charge >= 0.3 is 0 Å². The van der Waals surface area contributed by atoms with Crippen LogP contribution in [0.25, 0.3) is 0 Å². The van der Waals surface area contributed by atoms with Crippen molar-refractivity contribution in [2.24, 2.45) is 0 Å². The van der Waals surface area contributed by atoms with Crippen LogP contribution in [-0.4, -0.2) is 31.7 Å². The van der Waals surface area contributed by atoms with Crippen LogP contribution < -0.4 is 10.6 Å². The van der Waals surface area contributed by atoms with E-state index in [1.165, 1.54) is 0 Å². The highest BCUT2D eigenvalue weighted by molar-refractivity contribution is 5.86. The summed E-state index contributed by atoms with van der Waals surface area (Å²) in [5.41, 5.74) is 2.18. The minimum Gasteiger partial charge on any atom is -0.382 e. The van der Waals surface area contributed by atoms with Gasteiger partial charge in [-0.3, -0.25) is 4.79 Å². The summed E-state index contributed by atoms with van der Waals surface area (Å²) in [6, 6.07) is 8.39. The fraction of sp³-hybridized carbons (Fsp3) is 0.588. The number of ether oxygens (including phenoxy) is 1. The average molecular weight is 290 g/mol. The van der Waals surface area contributed by atoms with Crippen LogP contribution in [-0.2, 0) is 9.53 Å². The predicted octanol–water partition coefficient (Wildman–Crippen LogP) is 2.91. The number of benzene rings is 1. The number of anilines is 1. The summed E-state index contributed by atoms with van der Waals surface area (Å²) in [6.07, 6.45) is 3.04. The van der Waals surface area contributed by atoms with Gasteiger partial charge < -0.3 is 15.4 Å². The zero-order valence-electron chi connectivity index (χ0n) is 13.0. The van der Waals surface area contributed by atoms with Crippen molar-refractivity contribution < 1.29 is 9.53 Å². The molecule has 1 aromatic rings. The smallest absolute Gasteiger partial charge is 0.227 e. The second-order valence-electron chi connectivity index (χ2n) is 5.68. The van der Waals surface area contributed by atoms with Gasteiger partial charge in [0.1, 0.15) is 0 Å². The summed E-state index contributed by atoms with van der Waals surface area (Å²) in [4.78, 5) is 12.4. The maximum absolute atomic E-state index is 12.4. The molecular formula is C17H26N2O2. The number of amides is 1. The molecule has 21 heavy (non-hydrogen) atoms. The second-order valence-corrected chi connectivity index (χ2v) is 5.68. The first kappa shape index (κ1) is 15.8. The molecule has 4 heteroatoms. The van der Waals surface area contributed by atoms with Crippen LogP contribution in [0.3, 0.4) is 0 Å². The van der Waals surface area contributed by atoms with E-state index in [1.54, 1.807) is 0 Å². The number of nitrogens with one attached hydrogen (secondary N) is 2. The van der Waals surface area contributed by atoms with Crippen molar-refractivity contribution in [3.63, 3.8) is 0 Å². The van der Waals surface area contributed by atoms with Crippen molar-refractivity contribution in [3.05, 3.63) is 29.8 Å². The molecule has 1 aliphatic heterocycles. The van der Waals surface area contributed by atoms with Crippen molar-refractivity contribution >= 4 is 11.6 Å². The Morgan fingerprint density at radius 3 is 3.00 bits per heavy atom. The molecule has 116 valence electrons. The second kappa shape index (κ2) is 8.03. The lowest BCUT2D eigenvalue weighted by Crippen LogP contribution is -2.37. The van der Waals surface area contributed by atoms with Gasteiger partial charge in [-0.25, -0.2) is 0 Å².